The highest BCUT2D eigenvalue weighted by Gasteiger charge is 2.35. The van der Waals surface area contributed by atoms with Crippen molar-refractivity contribution < 1.29 is 9.90 Å². The molecule has 1 unspecified atom stereocenters. The summed E-state index contributed by atoms with van der Waals surface area (Å²) in [6, 6.07) is 0. The molecule has 1 amide bonds. The van der Waals surface area contributed by atoms with Gasteiger partial charge in [0.05, 0.1) is 18.3 Å². The minimum absolute atomic E-state index is 0.125. The Kier molecular flexibility index (Phi) is 5.60. The third kappa shape index (κ3) is 4.09. The number of fused-ring (bicyclic) bond motifs is 1. The Balaban J connectivity index is 1.37. The highest BCUT2D eigenvalue weighted by molar-refractivity contribution is 5.77. The second-order valence-electron chi connectivity index (χ2n) is 8.58. The Morgan fingerprint density at radius 2 is 2.07 bits per heavy atom. The van der Waals surface area contributed by atoms with E-state index < -0.39 is 5.60 Å². The lowest BCUT2D eigenvalue weighted by molar-refractivity contribution is -0.136. The SMILES string of the molecule is CC(CC(=O)N1CCC(O)(Cn2cnc3c(cnn3C)c2=O)CC1)C1=CCCC=C1. The summed E-state index contributed by atoms with van der Waals surface area (Å²) >= 11 is 0. The van der Waals surface area contributed by atoms with Gasteiger partial charge in [-0.1, -0.05) is 25.2 Å². The van der Waals surface area contributed by atoms with Crippen molar-refractivity contribution in [2.75, 3.05) is 13.1 Å². The van der Waals surface area contributed by atoms with Crippen LogP contribution in [0.1, 0.15) is 39.0 Å². The van der Waals surface area contributed by atoms with Crippen molar-refractivity contribution in [1.82, 2.24) is 24.2 Å². The lowest BCUT2D eigenvalue weighted by atomic mass is 9.89. The number of amides is 1. The van der Waals surface area contributed by atoms with E-state index in [2.05, 4.69) is 35.2 Å². The molecule has 2 aromatic rings. The van der Waals surface area contributed by atoms with Gasteiger partial charge in [0.1, 0.15) is 11.7 Å². The predicted octanol–water partition coefficient (Wildman–Crippen LogP) is 1.79. The Hall–Kier alpha value is -2.74. The Morgan fingerprint density at radius 3 is 2.77 bits per heavy atom. The third-order valence-electron chi connectivity index (χ3n) is 6.30. The summed E-state index contributed by atoms with van der Waals surface area (Å²) in [4.78, 5) is 31.6. The van der Waals surface area contributed by atoms with Gasteiger partial charge in [-0.15, -0.1) is 0 Å². The Morgan fingerprint density at radius 1 is 1.30 bits per heavy atom. The van der Waals surface area contributed by atoms with Crippen LogP contribution in [0, 0.1) is 5.92 Å². The number of nitrogens with zero attached hydrogens (tertiary/aromatic N) is 5. The average molecular weight is 412 g/mol. The van der Waals surface area contributed by atoms with Crippen molar-refractivity contribution >= 4 is 16.9 Å². The van der Waals surface area contributed by atoms with Crippen LogP contribution >= 0.6 is 0 Å². The fourth-order valence-electron chi connectivity index (χ4n) is 4.33. The van der Waals surface area contributed by atoms with Gasteiger partial charge in [0.15, 0.2) is 5.65 Å². The van der Waals surface area contributed by atoms with E-state index in [1.54, 1.807) is 11.7 Å². The summed E-state index contributed by atoms with van der Waals surface area (Å²) in [6.07, 6.45) is 13.0. The van der Waals surface area contributed by atoms with Crippen LogP contribution in [0.4, 0.5) is 0 Å². The highest BCUT2D eigenvalue weighted by atomic mass is 16.3. The predicted molar refractivity (Wildman–Crippen MR) is 114 cm³/mol. The number of aliphatic hydroxyl groups is 1. The molecule has 160 valence electrons. The van der Waals surface area contributed by atoms with E-state index in [1.807, 2.05) is 4.90 Å². The summed E-state index contributed by atoms with van der Waals surface area (Å²) < 4.78 is 3.01. The zero-order valence-electron chi connectivity index (χ0n) is 17.6. The number of rotatable bonds is 5. The molecule has 3 heterocycles. The summed E-state index contributed by atoms with van der Waals surface area (Å²) in [5, 5.41) is 15.6. The zero-order valence-corrected chi connectivity index (χ0v) is 17.6. The molecule has 8 nitrogen and oxygen atoms in total. The van der Waals surface area contributed by atoms with Crippen LogP contribution in [0.3, 0.4) is 0 Å². The standard InChI is InChI=1S/C22H29N5O3/c1-16(17-6-4-3-5-7-17)12-19(28)26-10-8-22(30,9-11-26)14-27-15-23-20-18(21(27)29)13-24-25(20)2/h4,6-7,13,15-16,30H,3,5,8-12,14H2,1-2H3. The third-order valence-corrected chi connectivity index (χ3v) is 6.30. The molecule has 1 atom stereocenters. The molecule has 0 spiro atoms. The van der Waals surface area contributed by atoms with Crippen molar-refractivity contribution in [3.63, 3.8) is 0 Å². The first-order valence-corrected chi connectivity index (χ1v) is 10.6. The second kappa shape index (κ2) is 8.18. The number of carbonyl (C=O) groups excluding carboxylic acids is 1. The van der Waals surface area contributed by atoms with Gasteiger partial charge in [-0.3, -0.25) is 18.8 Å². The molecular formula is C22H29N5O3. The van der Waals surface area contributed by atoms with Crippen molar-refractivity contribution in [1.29, 1.82) is 0 Å². The van der Waals surface area contributed by atoms with Crippen molar-refractivity contribution in [3.8, 4) is 0 Å². The van der Waals surface area contributed by atoms with Crippen LogP contribution in [0.25, 0.3) is 11.0 Å². The molecule has 2 aromatic heterocycles. The summed E-state index contributed by atoms with van der Waals surface area (Å²) in [5.41, 5.74) is 0.530. The topological polar surface area (TPSA) is 93.2 Å². The smallest absolute Gasteiger partial charge is 0.264 e. The first-order chi connectivity index (χ1) is 14.4. The number of hydrogen-bond donors (Lipinski definition) is 1. The molecule has 8 heteroatoms. The molecule has 2 aliphatic rings. The number of aryl methyl sites for hydroxylation is 1. The molecule has 0 radical (unpaired) electrons. The number of hydrogen-bond acceptors (Lipinski definition) is 5. The van der Waals surface area contributed by atoms with E-state index in [1.165, 1.54) is 22.7 Å². The number of aromatic nitrogens is 4. The molecule has 0 saturated carbocycles. The first-order valence-electron chi connectivity index (χ1n) is 10.6. The summed E-state index contributed by atoms with van der Waals surface area (Å²) in [7, 11) is 1.74. The van der Waals surface area contributed by atoms with Gasteiger partial charge in [-0.25, -0.2) is 4.98 Å². The van der Waals surface area contributed by atoms with Crippen LogP contribution in [0.15, 0.2) is 41.1 Å². The molecule has 0 bridgehead atoms. The van der Waals surface area contributed by atoms with Gasteiger partial charge < -0.3 is 10.0 Å². The Labute approximate surface area is 175 Å². The largest absolute Gasteiger partial charge is 0.388 e. The molecule has 4 rings (SSSR count). The van der Waals surface area contributed by atoms with Crippen molar-refractivity contribution in [3.05, 3.63) is 46.7 Å². The average Bonchev–Trinajstić information content (AvgIpc) is 3.12. The maximum absolute atomic E-state index is 12.7. The number of carbonyl (C=O) groups is 1. The minimum atomic E-state index is -1.03. The molecular weight excluding hydrogens is 382 g/mol. The quantitative estimate of drug-likeness (QED) is 0.810. The van der Waals surface area contributed by atoms with Crippen LogP contribution in [0.5, 0.6) is 0 Å². The van der Waals surface area contributed by atoms with Crippen LogP contribution in [-0.4, -0.2) is 53.9 Å². The maximum atomic E-state index is 12.7. The van der Waals surface area contributed by atoms with E-state index in [0.29, 0.717) is 43.4 Å². The van der Waals surface area contributed by atoms with Crippen LogP contribution < -0.4 is 5.56 Å². The van der Waals surface area contributed by atoms with Gasteiger partial charge in [-0.05, 0) is 37.2 Å². The molecule has 1 fully saturated rings. The molecule has 0 aromatic carbocycles. The van der Waals surface area contributed by atoms with Crippen molar-refractivity contribution in [2.24, 2.45) is 13.0 Å². The molecule has 1 N–H and O–H groups in total. The molecule has 1 aliphatic carbocycles. The van der Waals surface area contributed by atoms with Gasteiger partial charge in [0.25, 0.3) is 5.56 Å². The molecule has 1 aliphatic heterocycles. The van der Waals surface area contributed by atoms with E-state index in [0.717, 1.165) is 12.8 Å². The maximum Gasteiger partial charge on any atom is 0.264 e. The normalized spacial score (nSPS) is 19.7. The number of likely N-dealkylation sites (tertiary alicyclic amines) is 1. The lowest BCUT2D eigenvalue weighted by Crippen LogP contribution is -2.49. The van der Waals surface area contributed by atoms with Gasteiger partial charge in [0.2, 0.25) is 5.91 Å². The second-order valence-corrected chi connectivity index (χ2v) is 8.58. The van der Waals surface area contributed by atoms with Gasteiger partial charge in [0, 0.05) is 26.6 Å². The van der Waals surface area contributed by atoms with Gasteiger partial charge in [-0.2, -0.15) is 5.10 Å². The van der Waals surface area contributed by atoms with Crippen LogP contribution in [0.2, 0.25) is 0 Å². The van der Waals surface area contributed by atoms with E-state index >= 15 is 0 Å². The number of allylic oxidation sites excluding steroid dienone is 4. The zero-order chi connectivity index (χ0) is 21.3. The number of piperidine rings is 1. The monoisotopic (exact) mass is 411 g/mol. The minimum Gasteiger partial charge on any atom is -0.388 e. The van der Waals surface area contributed by atoms with Gasteiger partial charge >= 0.3 is 0 Å². The fraction of sp³-hybridized carbons (Fsp3) is 0.545. The van der Waals surface area contributed by atoms with E-state index in [9.17, 15) is 14.7 Å². The van der Waals surface area contributed by atoms with E-state index in [-0.39, 0.29) is 23.9 Å². The summed E-state index contributed by atoms with van der Waals surface area (Å²) in [6.45, 7) is 3.25. The highest BCUT2D eigenvalue weighted by Crippen LogP contribution is 2.26. The lowest BCUT2D eigenvalue weighted by Gasteiger charge is -2.38. The van der Waals surface area contributed by atoms with Crippen molar-refractivity contribution in [2.45, 2.75) is 51.2 Å². The Bertz CT molecular complexity index is 1060. The summed E-state index contributed by atoms with van der Waals surface area (Å²) in [5.74, 6) is 0.325. The first kappa shape index (κ1) is 20.5. The fourth-order valence-corrected chi connectivity index (χ4v) is 4.33. The van der Waals surface area contributed by atoms with E-state index in [4.69, 9.17) is 0 Å². The molecule has 1 saturated heterocycles. The molecule has 30 heavy (non-hydrogen) atoms. The van der Waals surface area contributed by atoms with Crippen LogP contribution in [-0.2, 0) is 18.4 Å².